The Bertz CT molecular complexity index is 919. The number of nitrogens with two attached hydrogens (primary N) is 1. The van der Waals surface area contributed by atoms with Gasteiger partial charge in [-0.25, -0.2) is 13.9 Å². The molecule has 1 saturated heterocycles. The monoisotopic (exact) mass is 374 g/mol. The first-order valence-corrected chi connectivity index (χ1v) is 8.99. The van der Waals surface area contributed by atoms with Crippen LogP contribution in [0.5, 0.6) is 0 Å². The number of anilines is 2. The molecule has 26 heavy (non-hydrogen) atoms. The van der Waals surface area contributed by atoms with E-state index in [1.54, 1.807) is 16.6 Å². The van der Waals surface area contributed by atoms with Gasteiger partial charge in [-0.2, -0.15) is 5.10 Å². The van der Waals surface area contributed by atoms with E-state index in [9.17, 15) is 4.39 Å². The van der Waals surface area contributed by atoms with Crippen LogP contribution in [-0.2, 0) is 6.54 Å². The lowest BCUT2D eigenvalue weighted by Gasteiger charge is -2.29. The molecule has 0 amide bonds. The van der Waals surface area contributed by atoms with E-state index >= 15 is 0 Å². The van der Waals surface area contributed by atoms with Gasteiger partial charge in [-0.15, -0.1) is 0 Å². The van der Waals surface area contributed by atoms with Gasteiger partial charge in [0.2, 0.25) is 0 Å². The molecule has 1 aliphatic heterocycles. The normalized spacial score (nSPS) is 16.3. The Labute approximate surface area is 155 Å². The predicted octanol–water partition coefficient (Wildman–Crippen LogP) is 3.19. The Kier molecular flexibility index (Phi) is 4.76. The summed E-state index contributed by atoms with van der Waals surface area (Å²) >= 11 is 5.83. The molecule has 3 N–H and O–H groups in total. The first kappa shape index (κ1) is 17.2. The summed E-state index contributed by atoms with van der Waals surface area (Å²) < 4.78 is 15.9. The van der Waals surface area contributed by atoms with Crippen molar-refractivity contribution in [3.8, 4) is 0 Å². The third-order valence-electron chi connectivity index (χ3n) is 4.75. The minimum Gasteiger partial charge on any atom is -0.336 e. The fourth-order valence-electron chi connectivity index (χ4n) is 3.31. The molecule has 3 heterocycles. The lowest BCUT2D eigenvalue weighted by molar-refractivity contribution is 0.206. The van der Waals surface area contributed by atoms with Crippen molar-refractivity contribution in [3.63, 3.8) is 0 Å². The van der Waals surface area contributed by atoms with Gasteiger partial charge in [0, 0.05) is 23.8 Å². The van der Waals surface area contributed by atoms with E-state index in [1.165, 1.54) is 12.4 Å². The van der Waals surface area contributed by atoms with Gasteiger partial charge in [0.1, 0.15) is 17.7 Å². The van der Waals surface area contributed by atoms with Crippen molar-refractivity contribution in [3.05, 3.63) is 53.2 Å². The van der Waals surface area contributed by atoms with E-state index in [2.05, 4.69) is 20.3 Å². The average molecular weight is 375 g/mol. The van der Waals surface area contributed by atoms with Gasteiger partial charge in [0.05, 0.1) is 5.69 Å². The molecule has 0 bridgehead atoms. The number of benzene rings is 1. The molecule has 0 aliphatic carbocycles. The third kappa shape index (κ3) is 3.51. The molecule has 8 heteroatoms. The Morgan fingerprint density at radius 2 is 2.08 bits per heavy atom. The van der Waals surface area contributed by atoms with Crippen LogP contribution >= 0.6 is 11.6 Å². The summed E-state index contributed by atoms with van der Waals surface area (Å²) in [5.41, 5.74) is 8.25. The molecule has 0 radical (unpaired) electrons. The van der Waals surface area contributed by atoms with Crippen molar-refractivity contribution in [1.29, 1.82) is 0 Å². The van der Waals surface area contributed by atoms with Gasteiger partial charge in [-0.3, -0.25) is 4.90 Å². The van der Waals surface area contributed by atoms with Gasteiger partial charge < -0.3 is 11.1 Å². The van der Waals surface area contributed by atoms with E-state index < -0.39 is 5.82 Å². The van der Waals surface area contributed by atoms with Crippen molar-refractivity contribution in [2.24, 2.45) is 5.73 Å². The maximum atomic E-state index is 14.2. The summed E-state index contributed by atoms with van der Waals surface area (Å²) in [4.78, 5) is 6.70. The number of fused-ring (bicyclic) bond motifs is 1. The zero-order valence-corrected chi connectivity index (χ0v) is 15.0. The highest BCUT2D eigenvalue weighted by Crippen LogP contribution is 2.27. The summed E-state index contributed by atoms with van der Waals surface area (Å²) in [6.45, 7) is 2.73. The number of nitrogens with one attached hydrogen (secondary N) is 1. The quantitative estimate of drug-likeness (QED) is 0.733. The molecule has 0 spiro atoms. The van der Waals surface area contributed by atoms with E-state index in [-0.39, 0.29) is 0 Å². The lowest BCUT2D eigenvalue weighted by atomic mass is 10.1. The molecule has 2 aromatic heterocycles. The molecule has 3 aromatic rings. The molecule has 136 valence electrons. The fourth-order valence-corrected chi connectivity index (χ4v) is 3.47. The molecule has 4 rings (SSSR count). The van der Waals surface area contributed by atoms with Crippen LogP contribution in [0.3, 0.4) is 0 Å². The molecule has 1 aromatic carbocycles. The van der Waals surface area contributed by atoms with Crippen LogP contribution in [0, 0.1) is 5.82 Å². The second-order valence-electron chi connectivity index (χ2n) is 6.61. The van der Waals surface area contributed by atoms with E-state index in [4.69, 9.17) is 17.3 Å². The fraction of sp³-hybridized carbons (Fsp3) is 0.333. The lowest BCUT2D eigenvalue weighted by Crippen LogP contribution is -2.39. The molecule has 0 saturated carbocycles. The summed E-state index contributed by atoms with van der Waals surface area (Å²) in [7, 11) is 0. The largest absolute Gasteiger partial charge is 0.336 e. The SMILES string of the molecule is NC1CCN(Cc2ccn3ncnc(Nc4ccc(Cl)cc4F)c23)CC1. The van der Waals surface area contributed by atoms with Crippen LogP contribution in [0.4, 0.5) is 15.9 Å². The second-order valence-corrected chi connectivity index (χ2v) is 7.04. The van der Waals surface area contributed by atoms with Crippen LogP contribution in [0.1, 0.15) is 18.4 Å². The molecular weight excluding hydrogens is 355 g/mol. The maximum Gasteiger partial charge on any atom is 0.158 e. The molecule has 6 nitrogen and oxygen atoms in total. The number of aromatic nitrogens is 3. The standard InChI is InChI=1S/C18H20ClFN6/c19-13-1-2-16(15(20)9-13)24-18-17-12(3-8-26(17)23-11-22-18)10-25-6-4-14(21)5-7-25/h1-3,8-9,11,14H,4-7,10,21H2,(H,22,23,24). The van der Waals surface area contributed by atoms with E-state index in [0.29, 0.717) is 22.6 Å². The number of piperidine rings is 1. The van der Waals surface area contributed by atoms with Crippen molar-refractivity contribution in [2.45, 2.75) is 25.4 Å². The minimum absolute atomic E-state index is 0.297. The van der Waals surface area contributed by atoms with Gasteiger partial charge in [0.25, 0.3) is 0 Å². The Morgan fingerprint density at radius 1 is 1.27 bits per heavy atom. The molecule has 1 aliphatic rings. The van der Waals surface area contributed by atoms with Crippen molar-refractivity contribution in [1.82, 2.24) is 19.5 Å². The molecular formula is C18H20ClFN6. The summed E-state index contributed by atoms with van der Waals surface area (Å²) in [5.74, 6) is 0.141. The summed E-state index contributed by atoms with van der Waals surface area (Å²) in [5, 5.41) is 7.68. The van der Waals surface area contributed by atoms with Gasteiger partial charge in [-0.1, -0.05) is 11.6 Å². The van der Waals surface area contributed by atoms with E-state index in [1.807, 2.05) is 12.3 Å². The number of likely N-dealkylation sites (tertiary alicyclic amines) is 1. The molecule has 0 unspecified atom stereocenters. The van der Waals surface area contributed by atoms with Crippen LogP contribution in [0.2, 0.25) is 5.02 Å². The van der Waals surface area contributed by atoms with Crippen LogP contribution in [-0.4, -0.2) is 38.6 Å². The Balaban J connectivity index is 1.64. The molecule has 0 atom stereocenters. The Hall–Kier alpha value is -2.22. The Morgan fingerprint density at radius 3 is 2.85 bits per heavy atom. The number of nitrogens with zero attached hydrogens (tertiary/aromatic N) is 4. The number of halogens is 2. The van der Waals surface area contributed by atoms with Crippen molar-refractivity contribution < 1.29 is 4.39 Å². The molecule has 1 fully saturated rings. The minimum atomic E-state index is -0.424. The van der Waals surface area contributed by atoms with Crippen molar-refractivity contribution >= 4 is 28.6 Å². The number of hydrogen-bond donors (Lipinski definition) is 2. The highest BCUT2D eigenvalue weighted by molar-refractivity contribution is 6.30. The third-order valence-corrected chi connectivity index (χ3v) is 4.98. The van der Waals surface area contributed by atoms with E-state index in [0.717, 1.165) is 43.6 Å². The summed E-state index contributed by atoms with van der Waals surface area (Å²) in [6.07, 6.45) is 5.35. The average Bonchev–Trinajstić information content (AvgIpc) is 3.03. The smallest absolute Gasteiger partial charge is 0.158 e. The van der Waals surface area contributed by atoms with Gasteiger partial charge >= 0.3 is 0 Å². The highest BCUT2D eigenvalue weighted by Gasteiger charge is 2.19. The van der Waals surface area contributed by atoms with Gasteiger partial charge in [0.15, 0.2) is 5.82 Å². The van der Waals surface area contributed by atoms with Gasteiger partial charge in [-0.05, 0) is 55.8 Å². The predicted molar refractivity (Wildman–Crippen MR) is 100 cm³/mol. The highest BCUT2D eigenvalue weighted by atomic mass is 35.5. The first-order valence-electron chi connectivity index (χ1n) is 8.61. The van der Waals surface area contributed by atoms with Crippen molar-refractivity contribution in [2.75, 3.05) is 18.4 Å². The zero-order chi connectivity index (χ0) is 18.1. The number of hydrogen-bond acceptors (Lipinski definition) is 5. The first-order chi connectivity index (χ1) is 12.6. The second kappa shape index (κ2) is 7.19. The number of rotatable bonds is 4. The van der Waals surface area contributed by atoms with Crippen LogP contribution in [0.25, 0.3) is 5.52 Å². The van der Waals surface area contributed by atoms with Crippen LogP contribution in [0.15, 0.2) is 36.8 Å². The van der Waals surface area contributed by atoms with Crippen LogP contribution < -0.4 is 11.1 Å². The zero-order valence-electron chi connectivity index (χ0n) is 14.2. The summed E-state index contributed by atoms with van der Waals surface area (Å²) in [6, 6.07) is 6.84. The topological polar surface area (TPSA) is 71.5 Å². The maximum absolute atomic E-state index is 14.2.